The maximum absolute atomic E-state index is 5.12. The van der Waals surface area contributed by atoms with Crippen LogP contribution in [-0.2, 0) is 0 Å². The predicted octanol–water partition coefficient (Wildman–Crippen LogP) is 4.21. The van der Waals surface area contributed by atoms with Crippen LogP contribution in [-0.4, -0.2) is 18.2 Å². The zero-order valence-corrected chi connectivity index (χ0v) is 11.6. The summed E-state index contributed by atoms with van der Waals surface area (Å²) in [7, 11) is 1.69. The Morgan fingerprint density at radius 1 is 1.33 bits per heavy atom. The second kappa shape index (κ2) is 7.18. The number of alkyl halides is 1. The summed E-state index contributed by atoms with van der Waals surface area (Å²) in [6.45, 7) is 2.24. The molecule has 0 radical (unpaired) electrons. The van der Waals surface area contributed by atoms with E-state index in [2.05, 4.69) is 35.0 Å². The monoisotopic (exact) mass is 288 g/mol. The van der Waals surface area contributed by atoms with Gasteiger partial charge in [-0.05, 0) is 30.2 Å². The van der Waals surface area contributed by atoms with Crippen LogP contribution in [0.15, 0.2) is 29.2 Å². The fraction of sp³-hybridized carbons (Fsp3) is 0.500. The van der Waals surface area contributed by atoms with Gasteiger partial charge in [0.1, 0.15) is 5.75 Å². The maximum atomic E-state index is 5.12. The molecular weight excluding hydrogens is 272 g/mol. The van der Waals surface area contributed by atoms with E-state index in [1.807, 2.05) is 23.9 Å². The molecule has 0 bridgehead atoms. The van der Waals surface area contributed by atoms with E-state index in [1.54, 1.807) is 7.11 Å². The first-order valence-electron chi connectivity index (χ1n) is 5.13. The Kier molecular flexibility index (Phi) is 6.18. The van der Waals surface area contributed by atoms with E-state index >= 15 is 0 Å². The number of hydrogen-bond acceptors (Lipinski definition) is 2. The lowest BCUT2D eigenvalue weighted by Gasteiger charge is -2.10. The van der Waals surface area contributed by atoms with Crippen molar-refractivity contribution in [3.05, 3.63) is 24.3 Å². The highest BCUT2D eigenvalue weighted by Crippen LogP contribution is 2.24. The molecule has 1 nitrogen and oxygen atoms in total. The third-order valence-electron chi connectivity index (χ3n) is 2.34. The van der Waals surface area contributed by atoms with Crippen molar-refractivity contribution in [1.82, 2.24) is 0 Å². The molecule has 0 fully saturated rings. The molecule has 1 aromatic carbocycles. The fourth-order valence-electron chi connectivity index (χ4n) is 1.16. The molecule has 0 spiro atoms. The average Bonchev–Trinajstić information content (AvgIpc) is 2.31. The normalized spacial score (nSPS) is 12.5. The molecule has 0 aliphatic heterocycles. The van der Waals surface area contributed by atoms with Gasteiger partial charge in [-0.2, -0.15) is 0 Å². The summed E-state index contributed by atoms with van der Waals surface area (Å²) in [4.78, 5) is 1.32. The number of methoxy groups -OCH3 is 1. The average molecular weight is 289 g/mol. The van der Waals surface area contributed by atoms with Gasteiger partial charge in [-0.3, -0.25) is 0 Å². The number of thioether (sulfide) groups is 1. The molecule has 0 saturated heterocycles. The van der Waals surface area contributed by atoms with E-state index in [9.17, 15) is 0 Å². The Morgan fingerprint density at radius 2 is 2.00 bits per heavy atom. The van der Waals surface area contributed by atoms with Crippen LogP contribution in [0.2, 0.25) is 0 Å². The van der Waals surface area contributed by atoms with Crippen molar-refractivity contribution in [2.24, 2.45) is 5.92 Å². The molecule has 3 heteroatoms. The Balaban J connectivity index is 2.43. The van der Waals surface area contributed by atoms with Crippen molar-refractivity contribution in [3.63, 3.8) is 0 Å². The van der Waals surface area contributed by atoms with Gasteiger partial charge < -0.3 is 4.74 Å². The van der Waals surface area contributed by atoms with Crippen molar-refractivity contribution in [2.75, 3.05) is 18.2 Å². The van der Waals surface area contributed by atoms with Gasteiger partial charge in [0.15, 0.2) is 0 Å². The molecule has 1 aromatic rings. The van der Waals surface area contributed by atoms with Crippen LogP contribution in [0.1, 0.15) is 13.3 Å². The molecule has 1 atom stereocenters. The minimum Gasteiger partial charge on any atom is -0.497 e. The van der Waals surface area contributed by atoms with Crippen LogP contribution < -0.4 is 4.74 Å². The molecule has 0 heterocycles. The van der Waals surface area contributed by atoms with Gasteiger partial charge in [0.05, 0.1) is 7.11 Å². The van der Waals surface area contributed by atoms with Crippen molar-refractivity contribution >= 4 is 27.7 Å². The first-order chi connectivity index (χ1) is 7.30. The number of rotatable bonds is 6. The Hall–Kier alpha value is -0.150. The van der Waals surface area contributed by atoms with Crippen molar-refractivity contribution < 1.29 is 4.74 Å². The summed E-state index contributed by atoms with van der Waals surface area (Å²) in [6, 6.07) is 8.25. The number of hydrogen-bond donors (Lipinski definition) is 0. The first kappa shape index (κ1) is 12.9. The van der Waals surface area contributed by atoms with Gasteiger partial charge in [0.2, 0.25) is 0 Å². The molecule has 15 heavy (non-hydrogen) atoms. The lowest BCUT2D eigenvalue weighted by molar-refractivity contribution is 0.414. The van der Waals surface area contributed by atoms with E-state index in [4.69, 9.17) is 4.74 Å². The smallest absolute Gasteiger partial charge is 0.118 e. The summed E-state index contributed by atoms with van der Waals surface area (Å²) in [5, 5.41) is 1.09. The summed E-state index contributed by atoms with van der Waals surface area (Å²) in [6.07, 6.45) is 1.23. The lowest BCUT2D eigenvalue weighted by Crippen LogP contribution is -2.02. The number of benzene rings is 1. The molecule has 1 rings (SSSR count). The Morgan fingerprint density at radius 3 is 2.47 bits per heavy atom. The van der Waals surface area contributed by atoms with E-state index in [1.165, 1.54) is 17.1 Å². The predicted molar refractivity (Wildman–Crippen MR) is 71.3 cm³/mol. The first-order valence-corrected chi connectivity index (χ1v) is 7.23. The largest absolute Gasteiger partial charge is 0.497 e. The molecule has 0 aliphatic carbocycles. The van der Waals surface area contributed by atoms with Gasteiger partial charge in [-0.25, -0.2) is 0 Å². The van der Waals surface area contributed by atoms with Gasteiger partial charge in [-0.15, -0.1) is 11.8 Å². The summed E-state index contributed by atoms with van der Waals surface area (Å²) >= 11 is 5.45. The van der Waals surface area contributed by atoms with Crippen molar-refractivity contribution in [3.8, 4) is 5.75 Å². The highest BCUT2D eigenvalue weighted by molar-refractivity contribution is 9.09. The zero-order chi connectivity index (χ0) is 11.1. The number of halogens is 1. The van der Waals surface area contributed by atoms with Crippen LogP contribution in [0, 0.1) is 5.92 Å². The quantitative estimate of drug-likeness (QED) is 0.573. The van der Waals surface area contributed by atoms with Crippen molar-refractivity contribution in [1.29, 1.82) is 0 Å². The lowest BCUT2D eigenvalue weighted by atomic mass is 10.2. The Labute approximate surface area is 105 Å². The third kappa shape index (κ3) is 4.47. The molecule has 0 amide bonds. The third-order valence-corrected chi connectivity index (χ3v) is 4.50. The highest BCUT2D eigenvalue weighted by Gasteiger charge is 2.04. The van der Waals surface area contributed by atoms with Crippen LogP contribution in [0.3, 0.4) is 0 Å². The van der Waals surface area contributed by atoms with E-state index < -0.39 is 0 Å². The molecule has 1 unspecified atom stereocenters. The summed E-state index contributed by atoms with van der Waals surface area (Å²) in [5.74, 6) is 2.86. The number of ether oxygens (including phenoxy) is 1. The minimum absolute atomic E-state index is 0.761. The molecule has 0 aromatic heterocycles. The SMILES string of the molecule is CCC(CBr)CSc1ccc(OC)cc1. The van der Waals surface area contributed by atoms with Gasteiger partial charge in [-0.1, -0.05) is 29.3 Å². The van der Waals surface area contributed by atoms with Gasteiger partial charge in [0.25, 0.3) is 0 Å². The minimum atomic E-state index is 0.761. The van der Waals surface area contributed by atoms with Crippen LogP contribution in [0.25, 0.3) is 0 Å². The van der Waals surface area contributed by atoms with Crippen LogP contribution in [0.5, 0.6) is 5.75 Å². The Bertz CT molecular complexity index is 269. The molecular formula is C12H17BrOS. The summed E-state index contributed by atoms with van der Waals surface area (Å²) in [5.41, 5.74) is 0. The molecule has 0 N–H and O–H groups in total. The van der Waals surface area contributed by atoms with Gasteiger partial charge >= 0.3 is 0 Å². The highest BCUT2D eigenvalue weighted by atomic mass is 79.9. The van der Waals surface area contributed by atoms with Gasteiger partial charge in [0, 0.05) is 16.0 Å². The van der Waals surface area contributed by atoms with Crippen LogP contribution >= 0.6 is 27.7 Å². The van der Waals surface area contributed by atoms with E-state index in [0.29, 0.717) is 0 Å². The van der Waals surface area contributed by atoms with E-state index in [0.717, 1.165) is 17.0 Å². The van der Waals surface area contributed by atoms with E-state index in [-0.39, 0.29) is 0 Å². The summed E-state index contributed by atoms with van der Waals surface area (Å²) < 4.78 is 5.12. The molecule has 0 saturated carbocycles. The standard InChI is InChI=1S/C12H17BrOS/c1-3-10(8-13)9-15-12-6-4-11(14-2)5-7-12/h4-7,10H,3,8-9H2,1-2H3. The zero-order valence-electron chi connectivity index (χ0n) is 9.20. The second-order valence-corrected chi connectivity index (χ2v) is 5.16. The molecule has 0 aliphatic rings. The van der Waals surface area contributed by atoms with Crippen LogP contribution in [0.4, 0.5) is 0 Å². The van der Waals surface area contributed by atoms with Crippen molar-refractivity contribution in [2.45, 2.75) is 18.2 Å². The molecule has 84 valence electrons. The second-order valence-electron chi connectivity index (χ2n) is 3.42. The topological polar surface area (TPSA) is 9.23 Å². The fourth-order valence-corrected chi connectivity index (χ4v) is 3.26. The maximum Gasteiger partial charge on any atom is 0.118 e.